The molecule has 0 spiro atoms. The van der Waals surface area contributed by atoms with Crippen LogP contribution in [0, 0.1) is 11.8 Å². The standard InChI is InChI=1S/C14H19NO3/c1-5-6-7-18-14-12(16-3)8-11(10-15-2)9-13(14)17-4/h8-9,15H,7,10H2,1-4H3. The molecule has 0 aromatic heterocycles. The van der Waals surface area contributed by atoms with Crippen LogP contribution in [0.5, 0.6) is 17.2 Å². The van der Waals surface area contributed by atoms with Crippen LogP contribution in [0.15, 0.2) is 12.1 Å². The Morgan fingerprint density at radius 1 is 1.17 bits per heavy atom. The predicted molar refractivity (Wildman–Crippen MR) is 71.3 cm³/mol. The van der Waals surface area contributed by atoms with Crippen LogP contribution in [0.1, 0.15) is 12.5 Å². The molecule has 0 bridgehead atoms. The fourth-order valence-electron chi connectivity index (χ4n) is 1.56. The Labute approximate surface area is 108 Å². The Balaban J connectivity index is 3.07. The first kappa shape index (κ1) is 14.2. The average Bonchev–Trinajstić information content (AvgIpc) is 2.40. The summed E-state index contributed by atoms with van der Waals surface area (Å²) < 4.78 is 16.2. The van der Waals surface area contributed by atoms with Crippen LogP contribution in [0.3, 0.4) is 0 Å². The third-order valence-corrected chi connectivity index (χ3v) is 2.37. The molecule has 4 nitrogen and oxygen atoms in total. The number of nitrogens with one attached hydrogen (secondary N) is 1. The highest BCUT2D eigenvalue weighted by Gasteiger charge is 2.13. The molecule has 0 saturated heterocycles. The maximum absolute atomic E-state index is 5.58. The Morgan fingerprint density at radius 3 is 2.22 bits per heavy atom. The molecule has 98 valence electrons. The number of rotatable bonds is 6. The van der Waals surface area contributed by atoms with Crippen molar-refractivity contribution in [2.75, 3.05) is 27.9 Å². The lowest BCUT2D eigenvalue weighted by molar-refractivity contribution is 0.304. The monoisotopic (exact) mass is 249 g/mol. The van der Waals surface area contributed by atoms with Crippen LogP contribution >= 0.6 is 0 Å². The highest BCUT2D eigenvalue weighted by Crippen LogP contribution is 2.38. The maximum atomic E-state index is 5.58. The van der Waals surface area contributed by atoms with Gasteiger partial charge in [-0.05, 0) is 31.7 Å². The second-order valence-corrected chi connectivity index (χ2v) is 3.58. The van der Waals surface area contributed by atoms with Gasteiger partial charge in [0.15, 0.2) is 11.5 Å². The minimum Gasteiger partial charge on any atom is -0.493 e. The van der Waals surface area contributed by atoms with Gasteiger partial charge >= 0.3 is 0 Å². The topological polar surface area (TPSA) is 39.7 Å². The lowest BCUT2D eigenvalue weighted by Crippen LogP contribution is -2.07. The second-order valence-electron chi connectivity index (χ2n) is 3.58. The van der Waals surface area contributed by atoms with Gasteiger partial charge in [-0.3, -0.25) is 0 Å². The quantitative estimate of drug-likeness (QED) is 0.781. The SMILES string of the molecule is CC#CCOc1c(OC)cc(CNC)cc1OC. The summed E-state index contributed by atoms with van der Waals surface area (Å²) in [5.74, 6) is 7.51. The molecule has 0 heterocycles. The van der Waals surface area contributed by atoms with E-state index in [1.54, 1.807) is 21.1 Å². The number of hydrogen-bond donors (Lipinski definition) is 1. The lowest BCUT2D eigenvalue weighted by Gasteiger charge is -2.14. The van der Waals surface area contributed by atoms with Crippen molar-refractivity contribution in [3.05, 3.63) is 17.7 Å². The number of hydrogen-bond acceptors (Lipinski definition) is 4. The van der Waals surface area contributed by atoms with E-state index >= 15 is 0 Å². The summed E-state index contributed by atoms with van der Waals surface area (Å²) >= 11 is 0. The van der Waals surface area contributed by atoms with E-state index in [1.807, 2.05) is 19.2 Å². The highest BCUT2D eigenvalue weighted by molar-refractivity contribution is 5.54. The van der Waals surface area contributed by atoms with Crippen molar-refractivity contribution < 1.29 is 14.2 Å². The Kier molecular flexibility index (Phi) is 5.89. The average molecular weight is 249 g/mol. The summed E-state index contributed by atoms with van der Waals surface area (Å²) in [5.41, 5.74) is 1.07. The fourth-order valence-corrected chi connectivity index (χ4v) is 1.56. The molecule has 0 atom stereocenters. The van der Waals surface area contributed by atoms with Crippen LogP contribution in [0.2, 0.25) is 0 Å². The minimum absolute atomic E-state index is 0.314. The van der Waals surface area contributed by atoms with Gasteiger partial charge < -0.3 is 19.5 Å². The fraction of sp³-hybridized carbons (Fsp3) is 0.429. The van der Waals surface area contributed by atoms with Crippen LogP contribution < -0.4 is 19.5 Å². The largest absolute Gasteiger partial charge is 0.493 e. The maximum Gasteiger partial charge on any atom is 0.204 e. The Morgan fingerprint density at radius 2 is 1.78 bits per heavy atom. The van der Waals surface area contributed by atoms with Gasteiger partial charge in [0.05, 0.1) is 14.2 Å². The van der Waals surface area contributed by atoms with E-state index in [1.165, 1.54) is 0 Å². The minimum atomic E-state index is 0.314. The van der Waals surface area contributed by atoms with Gasteiger partial charge in [0.2, 0.25) is 5.75 Å². The Bertz CT molecular complexity index is 421. The summed E-state index contributed by atoms with van der Waals surface area (Å²) in [7, 11) is 5.10. The molecule has 1 N–H and O–H groups in total. The first-order valence-electron chi connectivity index (χ1n) is 5.68. The highest BCUT2D eigenvalue weighted by atomic mass is 16.5. The van der Waals surface area contributed by atoms with E-state index in [0.717, 1.165) is 12.1 Å². The molecule has 0 aliphatic heterocycles. The normalized spacial score (nSPS) is 9.33. The molecular weight excluding hydrogens is 230 g/mol. The summed E-state index contributed by atoms with van der Waals surface area (Å²) in [6.45, 7) is 2.82. The van der Waals surface area contributed by atoms with E-state index in [2.05, 4.69) is 17.2 Å². The van der Waals surface area contributed by atoms with Gasteiger partial charge in [0, 0.05) is 6.54 Å². The van der Waals surface area contributed by atoms with E-state index in [9.17, 15) is 0 Å². The van der Waals surface area contributed by atoms with Crippen molar-refractivity contribution in [3.8, 4) is 29.1 Å². The van der Waals surface area contributed by atoms with Crippen molar-refractivity contribution in [3.63, 3.8) is 0 Å². The van der Waals surface area contributed by atoms with Gasteiger partial charge in [0.25, 0.3) is 0 Å². The zero-order chi connectivity index (χ0) is 13.4. The summed E-state index contributed by atoms with van der Waals surface area (Å²) in [6, 6.07) is 3.85. The van der Waals surface area contributed by atoms with Crippen LogP contribution in [0.4, 0.5) is 0 Å². The lowest BCUT2D eigenvalue weighted by atomic mass is 10.2. The zero-order valence-electron chi connectivity index (χ0n) is 11.3. The molecule has 0 saturated carbocycles. The molecule has 4 heteroatoms. The third kappa shape index (κ3) is 3.57. The Hall–Kier alpha value is -1.86. The van der Waals surface area contributed by atoms with Crippen molar-refractivity contribution in [1.29, 1.82) is 0 Å². The van der Waals surface area contributed by atoms with E-state index in [4.69, 9.17) is 14.2 Å². The molecule has 1 rings (SSSR count). The smallest absolute Gasteiger partial charge is 0.204 e. The summed E-state index contributed by atoms with van der Waals surface area (Å²) in [5, 5.41) is 3.08. The van der Waals surface area contributed by atoms with Crippen molar-refractivity contribution in [2.24, 2.45) is 0 Å². The first-order chi connectivity index (χ1) is 8.76. The van der Waals surface area contributed by atoms with Crippen LogP contribution in [-0.2, 0) is 6.54 Å². The van der Waals surface area contributed by atoms with Gasteiger partial charge in [-0.2, -0.15) is 0 Å². The van der Waals surface area contributed by atoms with E-state index < -0.39 is 0 Å². The molecule has 0 unspecified atom stereocenters. The molecular formula is C14H19NO3. The molecule has 0 amide bonds. The van der Waals surface area contributed by atoms with Gasteiger partial charge in [-0.25, -0.2) is 0 Å². The van der Waals surface area contributed by atoms with Crippen molar-refractivity contribution in [1.82, 2.24) is 5.32 Å². The second kappa shape index (κ2) is 7.46. The van der Waals surface area contributed by atoms with Crippen LogP contribution in [-0.4, -0.2) is 27.9 Å². The molecule has 0 radical (unpaired) electrons. The van der Waals surface area contributed by atoms with Crippen molar-refractivity contribution >= 4 is 0 Å². The van der Waals surface area contributed by atoms with Crippen LogP contribution in [0.25, 0.3) is 0 Å². The molecule has 18 heavy (non-hydrogen) atoms. The zero-order valence-corrected chi connectivity index (χ0v) is 11.3. The van der Waals surface area contributed by atoms with Crippen molar-refractivity contribution in [2.45, 2.75) is 13.5 Å². The number of benzene rings is 1. The van der Waals surface area contributed by atoms with E-state index in [0.29, 0.717) is 23.9 Å². The van der Waals surface area contributed by atoms with E-state index in [-0.39, 0.29) is 0 Å². The number of ether oxygens (including phenoxy) is 3. The first-order valence-corrected chi connectivity index (χ1v) is 5.68. The molecule has 0 fully saturated rings. The molecule has 0 aliphatic carbocycles. The van der Waals surface area contributed by atoms with Gasteiger partial charge in [-0.1, -0.05) is 5.92 Å². The van der Waals surface area contributed by atoms with Gasteiger partial charge in [-0.15, -0.1) is 5.92 Å². The summed E-state index contributed by atoms with van der Waals surface area (Å²) in [6.07, 6.45) is 0. The number of methoxy groups -OCH3 is 2. The third-order valence-electron chi connectivity index (χ3n) is 2.37. The van der Waals surface area contributed by atoms with Gasteiger partial charge in [0.1, 0.15) is 6.61 Å². The predicted octanol–water partition coefficient (Wildman–Crippen LogP) is 1.83. The molecule has 0 aliphatic rings. The molecule has 1 aromatic rings. The summed E-state index contributed by atoms with van der Waals surface area (Å²) in [4.78, 5) is 0. The molecule has 1 aromatic carbocycles.